The normalized spacial score (nSPS) is 13.3. The highest BCUT2D eigenvalue weighted by atomic mass is 14.4. The molecule has 98 heavy (non-hydrogen) atoms. The summed E-state index contributed by atoms with van der Waals surface area (Å²) in [6.07, 6.45) is 0. The molecule has 0 N–H and O–H groups in total. The van der Waals surface area contributed by atoms with E-state index in [4.69, 9.17) is 0 Å². The SMILES string of the molecule is CC1(C)c2cc(-c3c4ccccc4c(-c4ccc(-c5cccc6ccccc56)cc4)c4ccccc34)ccc2-c2ccc3ccccc3c21.CC1(C)c2ccc(-c3c4ccccc4c(-c4ccc(-c5cccc6ccccc56)cc4)c4ccccc34)cc2-c2ccc3ccccc3c21. The van der Waals surface area contributed by atoms with Gasteiger partial charge < -0.3 is 0 Å². The van der Waals surface area contributed by atoms with Crippen molar-refractivity contribution in [3.8, 4) is 89.0 Å². The van der Waals surface area contributed by atoms with E-state index in [-0.39, 0.29) is 10.8 Å². The highest BCUT2D eigenvalue weighted by molar-refractivity contribution is 6.23. The van der Waals surface area contributed by atoms with Gasteiger partial charge in [0.05, 0.1) is 0 Å². The second kappa shape index (κ2) is 22.3. The van der Waals surface area contributed by atoms with Crippen molar-refractivity contribution in [1.29, 1.82) is 0 Å². The van der Waals surface area contributed by atoms with Crippen LogP contribution in [0, 0.1) is 0 Å². The van der Waals surface area contributed by atoms with Gasteiger partial charge in [-0.2, -0.15) is 0 Å². The first kappa shape index (κ1) is 57.5. The summed E-state index contributed by atoms with van der Waals surface area (Å²) in [6.45, 7) is 9.56. The van der Waals surface area contributed by atoms with Crippen molar-refractivity contribution in [2.45, 2.75) is 38.5 Å². The van der Waals surface area contributed by atoms with Crippen LogP contribution in [0.15, 0.2) is 340 Å². The first-order valence-electron chi connectivity index (χ1n) is 34.5. The van der Waals surface area contributed by atoms with E-state index >= 15 is 0 Å². The molecule has 0 atom stereocenters. The third kappa shape index (κ3) is 8.84. The molecular weight excluding hydrogens is 1180 g/mol. The highest BCUT2D eigenvalue weighted by Crippen LogP contribution is 2.56. The first-order valence-corrected chi connectivity index (χ1v) is 34.5. The summed E-state index contributed by atoms with van der Waals surface area (Å²) < 4.78 is 0. The van der Waals surface area contributed by atoms with Crippen LogP contribution in [0.25, 0.3) is 175 Å². The van der Waals surface area contributed by atoms with Gasteiger partial charge in [0.25, 0.3) is 0 Å². The Balaban J connectivity index is 0.000000137. The van der Waals surface area contributed by atoms with Crippen LogP contribution >= 0.6 is 0 Å². The lowest BCUT2D eigenvalue weighted by Crippen LogP contribution is -2.15. The van der Waals surface area contributed by atoms with Gasteiger partial charge in [0, 0.05) is 10.8 Å². The number of hydrogen-bond acceptors (Lipinski definition) is 0. The Morgan fingerprint density at radius 2 is 0.439 bits per heavy atom. The van der Waals surface area contributed by atoms with E-state index < -0.39 is 0 Å². The fourth-order valence-corrected chi connectivity index (χ4v) is 17.6. The molecule has 0 saturated heterocycles. The summed E-state index contributed by atoms with van der Waals surface area (Å²) >= 11 is 0. The van der Waals surface area contributed by atoms with E-state index in [1.807, 2.05) is 0 Å². The Morgan fingerprint density at radius 1 is 0.163 bits per heavy atom. The molecule has 0 bridgehead atoms. The monoisotopic (exact) mass is 1240 g/mol. The van der Waals surface area contributed by atoms with Gasteiger partial charge in [0.15, 0.2) is 0 Å². The minimum Gasteiger partial charge on any atom is -0.0616 e. The van der Waals surface area contributed by atoms with Crippen LogP contribution < -0.4 is 0 Å². The zero-order chi connectivity index (χ0) is 65.4. The van der Waals surface area contributed by atoms with Gasteiger partial charge in [-0.1, -0.05) is 355 Å². The zero-order valence-corrected chi connectivity index (χ0v) is 55.3. The van der Waals surface area contributed by atoms with Gasteiger partial charge in [-0.3, -0.25) is 0 Å². The van der Waals surface area contributed by atoms with E-state index in [0.717, 1.165) is 0 Å². The molecule has 0 amide bonds. The van der Waals surface area contributed by atoms with Crippen LogP contribution in [0.4, 0.5) is 0 Å². The molecule has 0 nitrogen and oxygen atoms in total. The van der Waals surface area contributed by atoms with Crippen molar-refractivity contribution in [2.75, 3.05) is 0 Å². The summed E-state index contributed by atoms with van der Waals surface area (Å²) in [4.78, 5) is 0. The zero-order valence-electron chi connectivity index (χ0n) is 55.3. The standard InChI is InChI=1S/2C49H34/c1-49(2)45-30-35(27-28-39(45)44-29-26-32-13-4-6-16-38(32)48(44)49)47-42-19-9-7-17-40(42)46(41-18-8-10-20-43(41)47)34-24-22-33(23-25-34)37-21-11-14-31-12-3-5-15-36(31)37;1-49(2)45-29-27-35(30-44(45)43-28-26-32-13-4-6-16-38(32)48(43)49)47-41-19-9-7-17-39(41)46(40-18-8-10-20-42(40)47)34-24-22-33(23-25-34)37-21-11-14-31-12-3-5-15-36(31)37/h2*3-30H,1-2H3. The Labute approximate surface area is 572 Å². The molecule has 0 saturated carbocycles. The van der Waals surface area contributed by atoms with Crippen molar-refractivity contribution in [3.63, 3.8) is 0 Å². The molecule has 2 aliphatic rings. The van der Waals surface area contributed by atoms with E-state index in [1.165, 1.54) is 197 Å². The molecule has 20 rings (SSSR count). The van der Waals surface area contributed by atoms with Crippen molar-refractivity contribution < 1.29 is 0 Å². The molecule has 0 fully saturated rings. The van der Waals surface area contributed by atoms with Crippen molar-refractivity contribution in [2.24, 2.45) is 0 Å². The van der Waals surface area contributed by atoms with E-state index in [0.29, 0.717) is 0 Å². The molecular formula is C98H68. The largest absolute Gasteiger partial charge is 0.0616 e. The summed E-state index contributed by atoms with van der Waals surface area (Å²) in [6, 6.07) is 126. The number of rotatable bonds is 6. The lowest BCUT2D eigenvalue weighted by atomic mass is 9.79. The van der Waals surface area contributed by atoms with Crippen LogP contribution in [0.3, 0.4) is 0 Å². The third-order valence-corrected chi connectivity index (χ3v) is 22.1. The number of hydrogen-bond donors (Lipinski definition) is 0. The molecule has 18 aromatic rings. The Kier molecular flexibility index (Phi) is 13.1. The minimum absolute atomic E-state index is 0.0732. The summed E-state index contributed by atoms with van der Waals surface area (Å²) in [5, 5.41) is 20.7. The molecule has 0 spiro atoms. The maximum Gasteiger partial charge on any atom is 0.0165 e. The quantitative estimate of drug-likeness (QED) is 0.146. The van der Waals surface area contributed by atoms with Gasteiger partial charge in [-0.25, -0.2) is 0 Å². The third-order valence-electron chi connectivity index (χ3n) is 22.1. The van der Waals surface area contributed by atoms with E-state index in [2.05, 4.69) is 367 Å². The molecule has 0 heterocycles. The predicted octanol–water partition coefficient (Wildman–Crippen LogP) is 27.2. The van der Waals surface area contributed by atoms with Gasteiger partial charge in [-0.15, -0.1) is 0 Å². The van der Waals surface area contributed by atoms with E-state index in [1.54, 1.807) is 0 Å². The molecule has 0 aromatic heterocycles. The van der Waals surface area contributed by atoms with E-state index in [9.17, 15) is 0 Å². The Morgan fingerprint density at radius 3 is 0.847 bits per heavy atom. The fourth-order valence-electron chi connectivity index (χ4n) is 17.6. The van der Waals surface area contributed by atoms with Crippen LogP contribution in [0.5, 0.6) is 0 Å². The van der Waals surface area contributed by atoms with Crippen molar-refractivity contribution in [1.82, 2.24) is 0 Å². The molecule has 460 valence electrons. The van der Waals surface area contributed by atoms with Crippen LogP contribution in [0.2, 0.25) is 0 Å². The van der Waals surface area contributed by atoms with Crippen molar-refractivity contribution in [3.05, 3.63) is 362 Å². The highest BCUT2D eigenvalue weighted by Gasteiger charge is 2.39. The van der Waals surface area contributed by atoms with Gasteiger partial charge >= 0.3 is 0 Å². The van der Waals surface area contributed by atoms with Gasteiger partial charge in [0.1, 0.15) is 0 Å². The average Bonchev–Trinajstić information content (AvgIpc) is 1.48. The lowest BCUT2D eigenvalue weighted by molar-refractivity contribution is 0.666. The maximum atomic E-state index is 2.48. The van der Waals surface area contributed by atoms with Gasteiger partial charge in [0.2, 0.25) is 0 Å². The Bertz CT molecular complexity index is 6210. The van der Waals surface area contributed by atoms with Crippen LogP contribution in [0.1, 0.15) is 49.9 Å². The van der Waals surface area contributed by atoms with Gasteiger partial charge in [-0.05, 0) is 210 Å². The average molecular weight is 1250 g/mol. The Hall–Kier alpha value is -12.0. The smallest absolute Gasteiger partial charge is 0.0165 e. The maximum absolute atomic E-state index is 2.48. The molecule has 0 aliphatic heterocycles. The predicted molar refractivity (Wildman–Crippen MR) is 421 cm³/mol. The summed E-state index contributed by atoms with van der Waals surface area (Å²) in [5.41, 5.74) is 26.1. The van der Waals surface area contributed by atoms with Crippen molar-refractivity contribution >= 4 is 86.2 Å². The second-order valence-corrected chi connectivity index (χ2v) is 28.1. The first-order chi connectivity index (χ1) is 48.2. The minimum atomic E-state index is -0.112. The molecule has 0 unspecified atom stereocenters. The summed E-state index contributed by atoms with van der Waals surface area (Å²) in [7, 11) is 0. The fraction of sp³-hybridized carbons (Fsp3) is 0.0612. The molecule has 2 aliphatic carbocycles. The molecule has 0 radical (unpaired) electrons. The second-order valence-electron chi connectivity index (χ2n) is 28.1. The summed E-state index contributed by atoms with van der Waals surface area (Å²) in [5.74, 6) is 0. The molecule has 18 aromatic carbocycles. The van der Waals surface area contributed by atoms with Crippen LogP contribution in [-0.4, -0.2) is 0 Å². The number of benzene rings is 18. The number of fused-ring (bicyclic) bond motifs is 16. The van der Waals surface area contributed by atoms with Crippen LogP contribution in [-0.2, 0) is 10.8 Å². The topological polar surface area (TPSA) is 0 Å². The molecule has 0 heteroatoms. The lowest BCUT2D eigenvalue weighted by Gasteiger charge is -2.24.